The number of carbonyl (C=O) groups excluding carboxylic acids is 1. The molecule has 0 fully saturated rings. The van der Waals surface area contributed by atoms with E-state index in [-0.39, 0.29) is 5.01 Å². The number of alkyl halides is 3. The van der Waals surface area contributed by atoms with Gasteiger partial charge in [0.15, 0.2) is 5.69 Å². The minimum Gasteiger partial charge on any atom is -0.266 e. The van der Waals surface area contributed by atoms with Gasteiger partial charge in [0, 0.05) is 0 Å². The van der Waals surface area contributed by atoms with E-state index in [1.165, 1.54) is 19.3 Å². The van der Waals surface area contributed by atoms with Crippen LogP contribution >= 0.6 is 11.3 Å². The van der Waals surface area contributed by atoms with Crippen molar-refractivity contribution in [1.82, 2.24) is 20.0 Å². The average Bonchev–Trinajstić information content (AvgIpc) is 2.83. The Kier molecular flexibility index (Phi) is 2.69. The molecule has 0 amide bonds. The number of hydrogen-bond donors (Lipinski definition) is 0. The summed E-state index contributed by atoms with van der Waals surface area (Å²) in [5.41, 5.74) is -1.18. The summed E-state index contributed by atoms with van der Waals surface area (Å²) in [7, 11) is 0. The number of carbonyl (C=O) groups is 1. The quantitative estimate of drug-likeness (QED) is 0.785. The van der Waals surface area contributed by atoms with E-state index in [9.17, 15) is 18.0 Å². The number of rotatable bonds is 1. The smallest absolute Gasteiger partial charge is 0.266 e. The number of aryl methyl sites for hydroxylation is 1. The Morgan fingerprint density at radius 1 is 1.47 bits per heavy atom. The first-order valence-electron chi connectivity index (χ1n) is 4.35. The Bertz CT molecular complexity index is 546. The monoisotopic (exact) mass is 262 g/mol. The lowest BCUT2D eigenvalue weighted by Gasteiger charge is -2.04. The number of halogens is 3. The molecule has 0 aromatic carbocycles. The van der Waals surface area contributed by atoms with E-state index in [1.54, 1.807) is 0 Å². The third-order valence-corrected chi connectivity index (χ3v) is 2.79. The van der Waals surface area contributed by atoms with Crippen LogP contribution in [0.25, 0.3) is 0 Å². The van der Waals surface area contributed by atoms with Crippen molar-refractivity contribution in [2.45, 2.75) is 13.1 Å². The highest BCUT2D eigenvalue weighted by Crippen LogP contribution is 2.34. The third kappa shape index (κ3) is 2.18. The summed E-state index contributed by atoms with van der Waals surface area (Å²) in [5.74, 6) is -0.888. The molecule has 0 saturated heterocycles. The summed E-state index contributed by atoms with van der Waals surface area (Å²) in [5, 5.41) is 6.88. The van der Waals surface area contributed by atoms with Gasteiger partial charge in [0.05, 0.1) is 17.4 Å². The molecule has 0 spiro atoms. The second-order valence-electron chi connectivity index (χ2n) is 3.06. The van der Waals surface area contributed by atoms with E-state index in [2.05, 4.69) is 15.3 Å². The molecule has 0 aliphatic rings. The van der Waals surface area contributed by atoms with E-state index in [1.807, 2.05) is 0 Å². The molecule has 0 aliphatic carbocycles. The van der Waals surface area contributed by atoms with E-state index < -0.39 is 22.7 Å². The van der Waals surface area contributed by atoms with Crippen LogP contribution < -0.4 is 0 Å². The Hall–Kier alpha value is -1.77. The van der Waals surface area contributed by atoms with Crippen molar-refractivity contribution in [3.63, 3.8) is 0 Å². The van der Waals surface area contributed by atoms with Gasteiger partial charge in [-0.25, -0.2) is 4.98 Å². The Balaban J connectivity index is 2.49. The van der Waals surface area contributed by atoms with Crippen molar-refractivity contribution in [3.05, 3.63) is 28.0 Å². The van der Waals surface area contributed by atoms with Gasteiger partial charge >= 0.3 is 6.18 Å². The molecule has 2 aromatic rings. The SMILES string of the molecule is Cc1nc(C(F)(F)F)c(C(=O)n2ccnn2)s1. The summed E-state index contributed by atoms with van der Waals surface area (Å²) in [6.45, 7) is 1.40. The van der Waals surface area contributed by atoms with E-state index in [0.29, 0.717) is 11.3 Å². The Labute approximate surface area is 96.9 Å². The topological polar surface area (TPSA) is 60.7 Å². The van der Waals surface area contributed by atoms with Gasteiger partial charge in [-0.05, 0) is 6.92 Å². The van der Waals surface area contributed by atoms with Crippen molar-refractivity contribution in [3.8, 4) is 0 Å². The summed E-state index contributed by atoms with van der Waals surface area (Å²) in [4.78, 5) is 14.6. The maximum Gasteiger partial charge on any atom is 0.435 e. The predicted molar refractivity (Wildman–Crippen MR) is 51.6 cm³/mol. The van der Waals surface area contributed by atoms with Crippen LogP contribution in [0.4, 0.5) is 13.2 Å². The number of hydrogen-bond acceptors (Lipinski definition) is 5. The molecule has 0 aliphatic heterocycles. The van der Waals surface area contributed by atoms with Gasteiger partial charge in [0.1, 0.15) is 4.88 Å². The lowest BCUT2D eigenvalue weighted by atomic mass is 10.3. The van der Waals surface area contributed by atoms with Crippen LogP contribution in [0.15, 0.2) is 12.4 Å². The predicted octanol–water partition coefficient (Wildman–Crippen LogP) is 1.75. The van der Waals surface area contributed by atoms with Crippen LogP contribution in [0.5, 0.6) is 0 Å². The van der Waals surface area contributed by atoms with E-state index >= 15 is 0 Å². The van der Waals surface area contributed by atoms with Gasteiger partial charge in [-0.15, -0.1) is 16.4 Å². The van der Waals surface area contributed by atoms with Gasteiger partial charge in [-0.3, -0.25) is 4.79 Å². The van der Waals surface area contributed by atoms with Gasteiger partial charge in [-0.2, -0.15) is 17.9 Å². The first-order valence-corrected chi connectivity index (χ1v) is 5.17. The minimum atomic E-state index is -4.66. The van der Waals surface area contributed by atoms with Crippen LogP contribution in [0.3, 0.4) is 0 Å². The zero-order valence-corrected chi connectivity index (χ0v) is 9.21. The molecule has 0 bridgehead atoms. The largest absolute Gasteiger partial charge is 0.435 e. The molecule has 90 valence electrons. The van der Waals surface area contributed by atoms with Crippen molar-refractivity contribution >= 4 is 17.2 Å². The molecule has 2 aromatic heterocycles. The molecular formula is C8H5F3N4OS. The Morgan fingerprint density at radius 3 is 2.71 bits per heavy atom. The standard InChI is InChI=1S/C8H5F3N4OS/c1-4-13-6(8(9,10)11)5(17-4)7(16)15-3-2-12-14-15/h2-3H,1H3. The fourth-order valence-corrected chi connectivity index (χ4v) is 2.06. The lowest BCUT2D eigenvalue weighted by molar-refractivity contribution is -0.141. The molecule has 0 unspecified atom stereocenters. The second-order valence-corrected chi connectivity index (χ2v) is 4.26. The molecule has 5 nitrogen and oxygen atoms in total. The normalized spacial score (nSPS) is 11.8. The van der Waals surface area contributed by atoms with Gasteiger partial charge < -0.3 is 0 Å². The molecular weight excluding hydrogens is 257 g/mol. The molecule has 2 heterocycles. The maximum atomic E-state index is 12.6. The number of thiazole rings is 1. The molecule has 2 rings (SSSR count). The first-order chi connectivity index (χ1) is 7.89. The van der Waals surface area contributed by atoms with Gasteiger partial charge in [0.2, 0.25) is 0 Å². The highest BCUT2D eigenvalue weighted by Gasteiger charge is 2.39. The van der Waals surface area contributed by atoms with Gasteiger partial charge in [-0.1, -0.05) is 5.21 Å². The summed E-state index contributed by atoms with van der Waals surface area (Å²) in [6.07, 6.45) is -2.27. The van der Waals surface area contributed by atoms with Crippen molar-refractivity contribution in [2.24, 2.45) is 0 Å². The summed E-state index contributed by atoms with van der Waals surface area (Å²) in [6, 6.07) is 0. The maximum absolute atomic E-state index is 12.6. The van der Waals surface area contributed by atoms with Crippen molar-refractivity contribution in [2.75, 3.05) is 0 Å². The van der Waals surface area contributed by atoms with Crippen LogP contribution in [-0.2, 0) is 6.18 Å². The molecule has 0 saturated carbocycles. The summed E-state index contributed by atoms with van der Waals surface area (Å²) >= 11 is 0.678. The van der Waals surface area contributed by atoms with Gasteiger partial charge in [0.25, 0.3) is 5.91 Å². The average molecular weight is 262 g/mol. The van der Waals surface area contributed by atoms with Crippen LogP contribution in [0.2, 0.25) is 0 Å². The highest BCUT2D eigenvalue weighted by molar-refractivity contribution is 7.13. The molecule has 9 heteroatoms. The third-order valence-electron chi connectivity index (χ3n) is 1.83. The van der Waals surface area contributed by atoms with Crippen LogP contribution in [0, 0.1) is 6.92 Å². The minimum absolute atomic E-state index is 0.167. The van der Waals surface area contributed by atoms with Crippen molar-refractivity contribution < 1.29 is 18.0 Å². The van der Waals surface area contributed by atoms with Crippen LogP contribution in [-0.4, -0.2) is 25.9 Å². The van der Waals surface area contributed by atoms with Crippen LogP contribution in [0.1, 0.15) is 20.4 Å². The molecule has 17 heavy (non-hydrogen) atoms. The first kappa shape index (κ1) is 11.7. The van der Waals surface area contributed by atoms with Crippen molar-refractivity contribution in [1.29, 1.82) is 0 Å². The number of aromatic nitrogens is 4. The lowest BCUT2D eigenvalue weighted by Crippen LogP contribution is -2.17. The Morgan fingerprint density at radius 2 is 2.18 bits per heavy atom. The van der Waals surface area contributed by atoms with E-state index in [0.717, 1.165) is 4.68 Å². The zero-order valence-electron chi connectivity index (χ0n) is 8.39. The molecule has 0 atom stereocenters. The summed E-state index contributed by atoms with van der Waals surface area (Å²) < 4.78 is 38.6. The fraction of sp³-hybridized carbons (Fsp3) is 0.250. The second kappa shape index (κ2) is 3.91. The molecule has 0 radical (unpaired) electrons. The fourth-order valence-electron chi connectivity index (χ4n) is 1.18. The van der Waals surface area contributed by atoms with E-state index in [4.69, 9.17) is 0 Å². The number of nitrogens with zero attached hydrogens (tertiary/aromatic N) is 4. The molecule has 0 N–H and O–H groups in total. The zero-order chi connectivity index (χ0) is 12.6. The highest BCUT2D eigenvalue weighted by atomic mass is 32.1.